The van der Waals surface area contributed by atoms with Gasteiger partial charge in [-0.05, 0) is 12.1 Å². The highest BCUT2D eigenvalue weighted by molar-refractivity contribution is 5.95. The van der Waals surface area contributed by atoms with E-state index in [0.717, 1.165) is 5.69 Å². The van der Waals surface area contributed by atoms with Gasteiger partial charge in [0.05, 0.1) is 38.2 Å². The van der Waals surface area contributed by atoms with Crippen LogP contribution in [0.15, 0.2) is 24.5 Å². The number of morpholine rings is 1. The van der Waals surface area contributed by atoms with Crippen molar-refractivity contribution in [3.63, 3.8) is 0 Å². The second kappa shape index (κ2) is 6.74. The second-order valence-electron chi connectivity index (χ2n) is 6.31. The molecule has 0 saturated carbocycles. The molecule has 0 bridgehead atoms. The number of nitrogens with zero attached hydrogens (tertiary/aromatic N) is 4. The molecule has 24 heavy (non-hydrogen) atoms. The van der Waals surface area contributed by atoms with E-state index >= 15 is 0 Å². The Bertz CT molecular complexity index is 609. The quantitative estimate of drug-likeness (QED) is 0.733. The lowest BCUT2D eigenvalue weighted by atomic mass is 10.0. The summed E-state index contributed by atoms with van der Waals surface area (Å²) in [7, 11) is 3.43. The number of carbonyl (C=O) groups excluding carboxylic acids is 2. The monoisotopic (exact) mass is 334 g/mol. The molecule has 0 aromatic carbocycles. The minimum atomic E-state index is -0.730. The molecule has 130 valence electrons. The van der Waals surface area contributed by atoms with Crippen molar-refractivity contribution in [1.82, 2.24) is 14.8 Å². The second-order valence-corrected chi connectivity index (χ2v) is 6.31. The van der Waals surface area contributed by atoms with Crippen LogP contribution in [0.1, 0.15) is 0 Å². The largest absolute Gasteiger partial charge is 0.376 e. The first kappa shape index (κ1) is 16.7. The molecule has 0 unspecified atom stereocenters. The number of pyridine rings is 1. The Morgan fingerprint density at radius 2 is 2.21 bits per heavy atom. The van der Waals surface area contributed by atoms with E-state index in [-0.39, 0.29) is 18.5 Å². The molecule has 1 atom stereocenters. The van der Waals surface area contributed by atoms with E-state index in [9.17, 15) is 9.59 Å². The van der Waals surface area contributed by atoms with Crippen molar-refractivity contribution in [2.75, 3.05) is 58.5 Å². The predicted octanol–water partition coefficient (Wildman–Crippen LogP) is 0.197. The minimum Gasteiger partial charge on any atom is -0.376 e. The summed E-state index contributed by atoms with van der Waals surface area (Å²) in [6.07, 6.45) is 3.31. The van der Waals surface area contributed by atoms with E-state index in [1.165, 1.54) is 4.90 Å². The summed E-state index contributed by atoms with van der Waals surface area (Å²) in [6.45, 7) is 1.97. The third-order valence-corrected chi connectivity index (χ3v) is 4.21. The molecule has 2 aliphatic rings. The number of ether oxygens (including phenoxy) is 2. The Hall–Kier alpha value is -2.19. The number of urea groups is 1. The minimum absolute atomic E-state index is 0.0394. The molecule has 8 nitrogen and oxygen atoms in total. The Morgan fingerprint density at radius 1 is 1.38 bits per heavy atom. The van der Waals surface area contributed by atoms with Crippen LogP contribution in [0.25, 0.3) is 0 Å². The van der Waals surface area contributed by atoms with Gasteiger partial charge in [-0.1, -0.05) is 0 Å². The SMILES string of the molecule is CN(C)C(=O)N1CCOC[C@@]2(C1)CN(c1cccnc1)C(=O)CO2. The van der Waals surface area contributed by atoms with Gasteiger partial charge in [-0.15, -0.1) is 0 Å². The number of anilines is 1. The van der Waals surface area contributed by atoms with Crippen LogP contribution in [0.2, 0.25) is 0 Å². The van der Waals surface area contributed by atoms with E-state index in [0.29, 0.717) is 32.8 Å². The maximum absolute atomic E-state index is 12.3. The first-order valence-corrected chi connectivity index (χ1v) is 7.89. The van der Waals surface area contributed by atoms with Gasteiger partial charge < -0.3 is 24.2 Å². The molecule has 0 radical (unpaired) electrons. The first-order valence-electron chi connectivity index (χ1n) is 7.89. The van der Waals surface area contributed by atoms with Crippen LogP contribution in [-0.4, -0.2) is 85.9 Å². The van der Waals surface area contributed by atoms with Crippen LogP contribution in [0.3, 0.4) is 0 Å². The van der Waals surface area contributed by atoms with Crippen LogP contribution < -0.4 is 4.90 Å². The zero-order valence-electron chi connectivity index (χ0n) is 14.0. The van der Waals surface area contributed by atoms with Gasteiger partial charge in [0.1, 0.15) is 12.2 Å². The number of hydrogen-bond donors (Lipinski definition) is 0. The lowest BCUT2D eigenvalue weighted by molar-refractivity contribution is -0.145. The topological polar surface area (TPSA) is 75.2 Å². The van der Waals surface area contributed by atoms with Crippen molar-refractivity contribution in [2.45, 2.75) is 5.60 Å². The van der Waals surface area contributed by atoms with Crippen molar-refractivity contribution in [3.05, 3.63) is 24.5 Å². The first-order chi connectivity index (χ1) is 11.5. The molecule has 8 heteroatoms. The number of aromatic nitrogens is 1. The maximum atomic E-state index is 12.3. The van der Waals surface area contributed by atoms with E-state index in [1.54, 1.807) is 42.4 Å². The molecular weight excluding hydrogens is 312 g/mol. The maximum Gasteiger partial charge on any atom is 0.319 e. The van der Waals surface area contributed by atoms with Gasteiger partial charge >= 0.3 is 6.03 Å². The fraction of sp³-hybridized carbons (Fsp3) is 0.562. The number of rotatable bonds is 1. The average molecular weight is 334 g/mol. The Labute approximate surface area is 140 Å². The number of amides is 3. The van der Waals surface area contributed by atoms with Crippen molar-refractivity contribution >= 4 is 17.6 Å². The molecule has 1 aromatic rings. The Balaban J connectivity index is 1.83. The van der Waals surface area contributed by atoms with Crippen LogP contribution in [-0.2, 0) is 14.3 Å². The highest BCUT2D eigenvalue weighted by Crippen LogP contribution is 2.27. The third kappa shape index (κ3) is 3.34. The predicted molar refractivity (Wildman–Crippen MR) is 86.7 cm³/mol. The smallest absolute Gasteiger partial charge is 0.319 e. The van der Waals surface area contributed by atoms with Crippen LogP contribution in [0.5, 0.6) is 0 Å². The van der Waals surface area contributed by atoms with E-state index in [2.05, 4.69) is 4.98 Å². The Kier molecular flexibility index (Phi) is 4.68. The zero-order valence-corrected chi connectivity index (χ0v) is 14.0. The summed E-state index contributed by atoms with van der Waals surface area (Å²) < 4.78 is 11.5. The molecule has 0 N–H and O–H groups in total. The summed E-state index contributed by atoms with van der Waals surface area (Å²) in [6, 6.07) is 3.54. The summed E-state index contributed by atoms with van der Waals surface area (Å²) in [5, 5.41) is 0. The molecule has 3 amide bonds. The average Bonchev–Trinajstić information content (AvgIpc) is 2.80. The van der Waals surface area contributed by atoms with Gasteiger partial charge in [0.2, 0.25) is 0 Å². The van der Waals surface area contributed by atoms with E-state index in [4.69, 9.17) is 9.47 Å². The van der Waals surface area contributed by atoms with Gasteiger partial charge in [0.15, 0.2) is 0 Å². The van der Waals surface area contributed by atoms with Gasteiger partial charge in [0.25, 0.3) is 5.91 Å². The highest BCUT2D eigenvalue weighted by Gasteiger charge is 2.44. The summed E-state index contributed by atoms with van der Waals surface area (Å²) >= 11 is 0. The molecule has 1 spiro atoms. The van der Waals surface area contributed by atoms with Gasteiger partial charge in [-0.2, -0.15) is 0 Å². The van der Waals surface area contributed by atoms with Gasteiger partial charge in [0, 0.05) is 26.8 Å². The molecular formula is C16H22N4O4. The fourth-order valence-corrected chi connectivity index (χ4v) is 3.00. The third-order valence-electron chi connectivity index (χ3n) is 4.21. The number of hydrogen-bond acceptors (Lipinski definition) is 5. The molecule has 2 aliphatic heterocycles. The molecule has 3 heterocycles. The van der Waals surface area contributed by atoms with Crippen molar-refractivity contribution < 1.29 is 19.1 Å². The summed E-state index contributed by atoms with van der Waals surface area (Å²) in [5.74, 6) is -0.122. The number of carbonyl (C=O) groups is 2. The van der Waals surface area contributed by atoms with Crippen LogP contribution >= 0.6 is 0 Å². The van der Waals surface area contributed by atoms with Gasteiger partial charge in [-0.25, -0.2) is 4.79 Å². The van der Waals surface area contributed by atoms with Crippen LogP contribution in [0.4, 0.5) is 10.5 Å². The summed E-state index contributed by atoms with van der Waals surface area (Å²) in [4.78, 5) is 33.6. The lowest BCUT2D eigenvalue weighted by Crippen LogP contribution is -2.61. The van der Waals surface area contributed by atoms with Crippen molar-refractivity contribution in [2.24, 2.45) is 0 Å². The Morgan fingerprint density at radius 3 is 2.92 bits per heavy atom. The molecule has 2 saturated heterocycles. The van der Waals surface area contributed by atoms with Crippen molar-refractivity contribution in [1.29, 1.82) is 0 Å². The molecule has 0 aliphatic carbocycles. The fourth-order valence-electron chi connectivity index (χ4n) is 3.00. The van der Waals surface area contributed by atoms with Crippen molar-refractivity contribution in [3.8, 4) is 0 Å². The standard InChI is InChI=1S/C16H22N4O4/c1-18(2)15(22)19-6-7-23-12-16(10-19)11-20(14(21)9-24-16)13-4-3-5-17-8-13/h3-5,8H,6-7,9-12H2,1-2H3/t16-/m1/s1. The van der Waals surface area contributed by atoms with E-state index in [1.807, 2.05) is 6.07 Å². The molecule has 2 fully saturated rings. The van der Waals surface area contributed by atoms with Gasteiger partial charge in [-0.3, -0.25) is 9.78 Å². The summed E-state index contributed by atoms with van der Waals surface area (Å²) in [5.41, 5.74) is -0.00810. The molecule has 1 aromatic heterocycles. The van der Waals surface area contributed by atoms with E-state index < -0.39 is 5.60 Å². The molecule has 3 rings (SSSR count). The zero-order chi connectivity index (χ0) is 17.2. The highest BCUT2D eigenvalue weighted by atomic mass is 16.6. The normalized spacial score (nSPS) is 24.8. The lowest BCUT2D eigenvalue weighted by Gasteiger charge is -2.43. The van der Waals surface area contributed by atoms with Crippen LogP contribution in [0, 0.1) is 0 Å².